The Morgan fingerprint density at radius 1 is 1.53 bits per heavy atom. The van der Waals surface area contributed by atoms with Crippen LogP contribution in [0, 0.1) is 5.82 Å². The standard InChI is InChI=1S/C13H14FN3OS/c1-17-8-9(7-16-17)4-5-18-12-3-2-10(13(15)19)6-11(12)14/h2-3,6-8H,4-5H2,1H3,(H2,15,19). The highest BCUT2D eigenvalue weighted by Gasteiger charge is 2.06. The summed E-state index contributed by atoms with van der Waals surface area (Å²) in [6, 6.07) is 4.46. The lowest BCUT2D eigenvalue weighted by Gasteiger charge is -2.07. The van der Waals surface area contributed by atoms with E-state index in [9.17, 15) is 4.39 Å². The van der Waals surface area contributed by atoms with E-state index in [0.29, 0.717) is 18.6 Å². The lowest BCUT2D eigenvalue weighted by Crippen LogP contribution is -2.10. The van der Waals surface area contributed by atoms with E-state index in [1.807, 2.05) is 13.2 Å². The molecule has 0 spiro atoms. The summed E-state index contributed by atoms with van der Waals surface area (Å²) in [4.78, 5) is 0.167. The Balaban J connectivity index is 1.94. The van der Waals surface area contributed by atoms with Crippen LogP contribution in [0.1, 0.15) is 11.1 Å². The molecule has 2 aromatic rings. The van der Waals surface area contributed by atoms with Gasteiger partial charge in [-0.2, -0.15) is 5.10 Å². The Bertz CT molecular complexity index is 597. The molecule has 6 heteroatoms. The van der Waals surface area contributed by atoms with E-state index in [1.54, 1.807) is 16.9 Å². The fourth-order valence-corrected chi connectivity index (χ4v) is 1.78. The molecule has 0 saturated carbocycles. The molecule has 0 aliphatic carbocycles. The largest absolute Gasteiger partial charge is 0.490 e. The van der Waals surface area contributed by atoms with Gasteiger partial charge in [0, 0.05) is 25.2 Å². The number of hydrogen-bond donors (Lipinski definition) is 1. The summed E-state index contributed by atoms with van der Waals surface area (Å²) in [7, 11) is 1.85. The maximum atomic E-state index is 13.7. The van der Waals surface area contributed by atoms with Crippen LogP contribution in [0.2, 0.25) is 0 Å². The highest BCUT2D eigenvalue weighted by Crippen LogP contribution is 2.18. The summed E-state index contributed by atoms with van der Waals surface area (Å²) in [5, 5.41) is 4.05. The number of aryl methyl sites for hydroxylation is 1. The van der Waals surface area contributed by atoms with Crippen molar-refractivity contribution in [1.82, 2.24) is 9.78 Å². The third-order valence-corrected chi connectivity index (χ3v) is 2.86. The normalized spacial score (nSPS) is 10.4. The summed E-state index contributed by atoms with van der Waals surface area (Å²) >= 11 is 4.78. The van der Waals surface area contributed by atoms with Crippen LogP contribution >= 0.6 is 12.2 Å². The molecular formula is C13H14FN3OS. The number of hydrogen-bond acceptors (Lipinski definition) is 3. The second kappa shape index (κ2) is 5.79. The van der Waals surface area contributed by atoms with Crippen LogP contribution < -0.4 is 10.5 Å². The molecule has 0 atom stereocenters. The second-order valence-electron chi connectivity index (χ2n) is 4.13. The predicted octanol–water partition coefficient (Wildman–Crippen LogP) is 1.81. The molecule has 1 heterocycles. The predicted molar refractivity (Wildman–Crippen MR) is 74.7 cm³/mol. The fourth-order valence-electron chi connectivity index (χ4n) is 1.65. The second-order valence-corrected chi connectivity index (χ2v) is 4.57. The van der Waals surface area contributed by atoms with Crippen LogP contribution in [-0.2, 0) is 13.5 Å². The number of nitrogens with two attached hydrogens (primary N) is 1. The Morgan fingerprint density at radius 2 is 2.32 bits per heavy atom. The van der Waals surface area contributed by atoms with Gasteiger partial charge >= 0.3 is 0 Å². The lowest BCUT2D eigenvalue weighted by molar-refractivity contribution is 0.305. The van der Waals surface area contributed by atoms with Gasteiger partial charge in [0.1, 0.15) is 4.99 Å². The maximum absolute atomic E-state index is 13.7. The molecule has 2 rings (SSSR count). The minimum atomic E-state index is -0.462. The Kier molecular flexibility index (Phi) is 4.11. The summed E-state index contributed by atoms with van der Waals surface area (Å²) in [5.41, 5.74) is 6.96. The zero-order valence-corrected chi connectivity index (χ0v) is 11.3. The minimum Gasteiger partial charge on any atom is -0.490 e. The monoisotopic (exact) mass is 279 g/mol. The molecule has 19 heavy (non-hydrogen) atoms. The first kappa shape index (κ1) is 13.5. The molecule has 0 aliphatic heterocycles. The SMILES string of the molecule is Cn1cc(CCOc2ccc(C(N)=S)cc2F)cn1. The summed E-state index contributed by atoms with van der Waals surface area (Å²) in [5.74, 6) is -0.264. The van der Waals surface area contributed by atoms with Gasteiger partial charge in [0.15, 0.2) is 11.6 Å². The first-order valence-corrected chi connectivity index (χ1v) is 6.17. The average molecular weight is 279 g/mol. The number of benzene rings is 1. The molecule has 1 aromatic carbocycles. The highest BCUT2D eigenvalue weighted by molar-refractivity contribution is 7.80. The highest BCUT2D eigenvalue weighted by atomic mass is 32.1. The smallest absolute Gasteiger partial charge is 0.165 e. The number of aromatic nitrogens is 2. The van der Waals surface area contributed by atoms with Crippen LogP contribution in [-0.4, -0.2) is 21.4 Å². The van der Waals surface area contributed by atoms with Gasteiger partial charge in [0.25, 0.3) is 0 Å². The number of thiocarbonyl (C=S) groups is 1. The lowest BCUT2D eigenvalue weighted by atomic mass is 10.2. The molecule has 0 bridgehead atoms. The zero-order valence-electron chi connectivity index (χ0n) is 10.5. The van der Waals surface area contributed by atoms with Gasteiger partial charge in [-0.15, -0.1) is 0 Å². The number of halogens is 1. The first-order valence-electron chi connectivity index (χ1n) is 5.76. The van der Waals surface area contributed by atoms with Gasteiger partial charge in [0.05, 0.1) is 12.8 Å². The molecule has 0 amide bonds. The van der Waals surface area contributed by atoms with Gasteiger partial charge in [-0.1, -0.05) is 12.2 Å². The number of ether oxygens (including phenoxy) is 1. The van der Waals surface area contributed by atoms with Gasteiger partial charge in [-0.25, -0.2) is 4.39 Å². The molecule has 0 saturated heterocycles. The topological polar surface area (TPSA) is 53.1 Å². The van der Waals surface area contributed by atoms with E-state index in [0.717, 1.165) is 5.56 Å². The molecule has 4 nitrogen and oxygen atoms in total. The average Bonchev–Trinajstić information content (AvgIpc) is 2.77. The molecule has 1 aromatic heterocycles. The van der Waals surface area contributed by atoms with Crippen molar-refractivity contribution in [3.05, 3.63) is 47.5 Å². The summed E-state index contributed by atoms with van der Waals surface area (Å²) < 4.78 is 20.8. The summed E-state index contributed by atoms with van der Waals surface area (Å²) in [6.45, 7) is 0.384. The van der Waals surface area contributed by atoms with Crippen LogP contribution in [0.15, 0.2) is 30.6 Å². The molecule has 0 unspecified atom stereocenters. The number of rotatable bonds is 5. The Morgan fingerprint density at radius 3 is 2.89 bits per heavy atom. The van der Waals surface area contributed by atoms with E-state index < -0.39 is 5.82 Å². The van der Waals surface area contributed by atoms with E-state index in [-0.39, 0.29) is 10.7 Å². The third kappa shape index (κ3) is 3.51. The van der Waals surface area contributed by atoms with E-state index >= 15 is 0 Å². The summed E-state index contributed by atoms with van der Waals surface area (Å²) in [6.07, 6.45) is 4.33. The fraction of sp³-hybridized carbons (Fsp3) is 0.231. The van der Waals surface area contributed by atoms with Crippen LogP contribution in [0.4, 0.5) is 4.39 Å². The van der Waals surface area contributed by atoms with Crippen molar-refractivity contribution in [3.8, 4) is 5.75 Å². The van der Waals surface area contributed by atoms with Gasteiger partial charge in [-0.3, -0.25) is 4.68 Å². The van der Waals surface area contributed by atoms with Gasteiger partial charge < -0.3 is 10.5 Å². The zero-order chi connectivity index (χ0) is 13.8. The van der Waals surface area contributed by atoms with Crippen molar-refractivity contribution in [2.45, 2.75) is 6.42 Å². The van der Waals surface area contributed by atoms with E-state index in [4.69, 9.17) is 22.7 Å². The van der Waals surface area contributed by atoms with Gasteiger partial charge in [0.2, 0.25) is 0 Å². The molecule has 0 radical (unpaired) electrons. The van der Waals surface area contributed by atoms with Crippen molar-refractivity contribution in [2.24, 2.45) is 12.8 Å². The first-order chi connectivity index (χ1) is 9.06. The molecule has 2 N–H and O–H groups in total. The third-order valence-electron chi connectivity index (χ3n) is 2.62. The minimum absolute atomic E-state index is 0.167. The number of nitrogens with zero attached hydrogens (tertiary/aromatic N) is 2. The van der Waals surface area contributed by atoms with Crippen LogP contribution in [0.5, 0.6) is 5.75 Å². The Labute approximate surface area is 116 Å². The molecular weight excluding hydrogens is 265 g/mol. The van der Waals surface area contributed by atoms with Crippen LogP contribution in [0.25, 0.3) is 0 Å². The van der Waals surface area contributed by atoms with Gasteiger partial charge in [-0.05, 0) is 23.8 Å². The van der Waals surface area contributed by atoms with Crippen molar-refractivity contribution in [1.29, 1.82) is 0 Å². The maximum Gasteiger partial charge on any atom is 0.165 e. The van der Waals surface area contributed by atoms with Crippen molar-refractivity contribution < 1.29 is 9.13 Å². The van der Waals surface area contributed by atoms with E-state index in [1.165, 1.54) is 12.1 Å². The van der Waals surface area contributed by atoms with E-state index in [2.05, 4.69) is 5.10 Å². The van der Waals surface area contributed by atoms with Crippen LogP contribution in [0.3, 0.4) is 0 Å². The van der Waals surface area contributed by atoms with Crippen molar-refractivity contribution >= 4 is 17.2 Å². The molecule has 100 valence electrons. The molecule has 0 aliphatic rings. The van der Waals surface area contributed by atoms with Crippen molar-refractivity contribution in [2.75, 3.05) is 6.61 Å². The van der Waals surface area contributed by atoms with Crippen molar-refractivity contribution in [3.63, 3.8) is 0 Å². The molecule has 0 fully saturated rings. The quantitative estimate of drug-likeness (QED) is 0.848. The Hall–Kier alpha value is -1.95.